The predicted octanol–water partition coefficient (Wildman–Crippen LogP) is 0.487. The highest BCUT2D eigenvalue weighted by atomic mass is 32.2. The monoisotopic (exact) mass is 323 g/mol. The molecule has 0 unspecified atom stereocenters. The minimum absolute atomic E-state index is 0.515. The summed E-state index contributed by atoms with van der Waals surface area (Å²) < 4.78 is 27.0. The van der Waals surface area contributed by atoms with Crippen molar-refractivity contribution >= 4 is 21.2 Å². The van der Waals surface area contributed by atoms with Crippen molar-refractivity contribution in [3.05, 3.63) is 30.1 Å². The van der Waals surface area contributed by atoms with Crippen molar-refractivity contribution in [1.29, 1.82) is 0 Å². The molecule has 1 fully saturated rings. The molecule has 0 spiro atoms. The van der Waals surface area contributed by atoms with Gasteiger partial charge in [0.05, 0.1) is 17.6 Å². The Hall–Kier alpha value is -1.48. The second-order valence-electron chi connectivity index (χ2n) is 5.67. The van der Waals surface area contributed by atoms with Crippen LogP contribution in [-0.4, -0.2) is 72.2 Å². The van der Waals surface area contributed by atoms with Gasteiger partial charge in [0.1, 0.15) is 5.82 Å². The number of fused-ring (bicyclic) bond motifs is 1. The van der Waals surface area contributed by atoms with Gasteiger partial charge in [-0.25, -0.2) is 4.98 Å². The fourth-order valence-electron chi connectivity index (χ4n) is 2.64. The van der Waals surface area contributed by atoms with Crippen molar-refractivity contribution in [2.45, 2.75) is 6.54 Å². The van der Waals surface area contributed by atoms with Crippen LogP contribution in [0.2, 0.25) is 0 Å². The lowest BCUT2D eigenvalue weighted by Gasteiger charge is -2.34. The Morgan fingerprint density at radius 3 is 2.50 bits per heavy atom. The van der Waals surface area contributed by atoms with Crippen molar-refractivity contribution in [3.63, 3.8) is 0 Å². The first-order valence-electron chi connectivity index (χ1n) is 7.30. The van der Waals surface area contributed by atoms with Crippen LogP contribution in [0.25, 0.3) is 11.0 Å². The molecule has 2 heterocycles. The van der Waals surface area contributed by atoms with Crippen molar-refractivity contribution in [2.24, 2.45) is 0 Å². The van der Waals surface area contributed by atoms with E-state index in [1.54, 1.807) is 14.1 Å². The van der Waals surface area contributed by atoms with E-state index in [9.17, 15) is 8.42 Å². The van der Waals surface area contributed by atoms with Crippen LogP contribution in [0.1, 0.15) is 5.82 Å². The van der Waals surface area contributed by atoms with Crippen molar-refractivity contribution < 1.29 is 8.42 Å². The standard InChI is InChI=1S/C14H21N5O2S/c1-17(2)22(20,21)19-9-7-18(8-10-19)11-14-15-12-5-3-4-6-13(12)16-14/h3-6H,7-11H2,1-2H3,(H,15,16). The second kappa shape index (κ2) is 5.96. The third-order valence-corrected chi connectivity index (χ3v) is 5.87. The van der Waals surface area contributed by atoms with Gasteiger partial charge in [0.25, 0.3) is 10.2 Å². The first-order valence-corrected chi connectivity index (χ1v) is 8.70. The fraction of sp³-hybridized carbons (Fsp3) is 0.500. The molecule has 8 heteroatoms. The van der Waals surface area contributed by atoms with E-state index in [-0.39, 0.29) is 0 Å². The number of rotatable bonds is 4. The molecule has 0 bridgehead atoms. The first kappa shape index (κ1) is 15.4. The number of nitrogens with zero attached hydrogens (tertiary/aromatic N) is 4. The van der Waals surface area contributed by atoms with Gasteiger partial charge >= 0.3 is 0 Å². The molecule has 0 amide bonds. The summed E-state index contributed by atoms with van der Waals surface area (Å²) in [5, 5.41) is 0. The van der Waals surface area contributed by atoms with Gasteiger partial charge in [0.2, 0.25) is 0 Å². The molecule has 1 saturated heterocycles. The number of H-pyrrole nitrogens is 1. The molecule has 1 aromatic heterocycles. The Bertz CT molecular complexity index is 714. The van der Waals surface area contributed by atoms with E-state index in [1.807, 2.05) is 24.3 Å². The number of aromatic amines is 1. The van der Waals surface area contributed by atoms with Crippen LogP contribution in [0.5, 0.6) is 0 Å². The van der Waals surface area contributed by atoms with E-state index in [1.165, 1.54) is 8.61 Å². The fourth-order valence-corrected chi connectivity index (χ4v) is 3.73. The maximum absolute atomic E-state index is 12.1. The first-order chi connectivity index (χ1) is 10.5. The Morgan fingerprint density at radius 2 is 1.86 bits per heavy atom. The smallest absolute Gasteiger partial charge is 0.281 e. The number of aromatic nitrogens is 2. The predicted molar refractivity (Wildman–Crippen MR) is 85.6 cm³/mol. The van der Waals surface area contributed by atoms with Crippen LogP contribution in [0.15, 0.2) is 24.3 Å². The number of hydrogen-bond acceptors (Lipinski definition) is 4. The Morgan fingerprint density at radius 1 is 1.18 bits per heavy atom. The summed E-state index contributed by atoms with van der Waals surface area (Å²) in [7, 11) is -0.169. The third-order valence-electron chi connectivity index (χ3n) is 3.93. The SMILES string of the molecule is CN(C)S(=O)(=O)N1CCN(Cc2nc3ccccc3[nH]2)CC1. The average molecular weight is 323 g/mol. The Labute approximate surface area is 130 Å². The molecule has 1 aromatic carbocycles. The lowest BCUT2D eigenvalue weighted by molar-refractivity contribution is 0.174. The molecule has 120 valence electrons. The maximum atomic E-state index is 12.1. The second-order valence-corrected chi connectivity index (χ2v) is 7.81. The number of piperazine rings is 1. The maximum Gasteiger partial charge on any atom is 0.281 e. The molecule has 0 atom stereocenters. The molecule has 0 aliphatic carbocycles. The van der Waals surface area contributed by atoms with Crippen molar-refractivity contribution in [2.75, 3.05) is 40.3 Å². The largest absolute Gasteiger partial charge is 0.341 e. The van der Waals surface area contributed by atoms with Crippen molar-refractivity contribution in [1.82, 2.24) is 23.5 Å². The van der Waals surface area contributed by atoms with Gasteiger partial charge in [0.15, 0.2) is 0 Å². The molecule has 0 radical (unpaired) electrons. The van der Waals surface area contributed by atoms with Gasteiger partial charge < -0.3 is 4.98 Å². The molecule has 1 N–H and O–H groups in total. The van der Waals surface area contributed by atoms with E-state index in [2.05, 4.69) is 14.9 Å². The van der Waals surface area contributed by atoms with Gasteiger partial charge in [-0.2, -0.15) is 17.0 Å². The summed E-state index contributed by atoms with van der Waals surface area (Å²) in [5.41, 5.74) is 2.00. The number of nitrogens with one attached hydrogen (secondary N) is 1. The van der Waals surface area contributed by atoms with Crippen LogP contribution in [0, 0.1) is 0 Å². The lowest BCUT2D eigenvalue weighted by atomic mass is 10.3. The van der Waals surface area contributed by atoms with Crippen molar-refractivity contribution in [3.8, 4) is 0 Å². The molecular weight excluding hydrogens is 302 g/mol. The zero-order valence-corrected chi connectivity index (χ0v) is 13.7. The summed E-state index contributed by atoms with van der Waals surface area (Å²) in [5.74, 6) is 0.921. The van der Waals surface area contributed by atoms with Gasteiger partial charge in [0, 0.05) is 40.3 Å². The highest BCUT2D eigenvalue weighted by Gasteiger charge is 2.28. The van der Waals surface area contributed by atoms with Gasteiger partial charge in [-0.3, -0.25) is 4.90 Å². The summed E-state index contributed by atoms with van der Waals surface area (Å²) >= 11 is 0. The number of benzene rings is 1. The van der Waals surface area contributed by atoms with E-state index >= 15 is 0 Å². The van der Waals surface area contributed by atoms with Crippen LogP contribution in [-0.2, 0) is 16.8 Å². The normalized spacial score (nSPS) is 18.3. The van der Waals surface area contributed by atoms with Crippen LogP contribution < -0.4 is 0 Å². The molecule has 3 rings (SSSR count). The average Bonchev–Trinajstić information content (AvgIpc) is 2.89. The summed E-state index contributed by atoms with van der Waals surface area (Å²) in [6, 6.07) is 7.94. The van der Waals surface area contributed by atoms with E-state index < -0.39 is 10.2 Å². The Balaban J connectivity index is 1.62. The van der Waals surface area contributed by atoms with E-state index in [0.717, 1.165) is 16.9 Å². The minimum Gasteiger partial charge on any atom is -0.341 e. The quantitative estimate of drug-likeness (QED) is 0.889. The summed E-state index contributed by atoms with van der Waals surface area (Å²) in [6.07, 6.45) is 0. The molecule has 0 saturated carbocycles. The summed E-state index contributed by atoms with van der Waals surface area (Å²) in [4.78, 5) is 10.1. The number of imidazole rings is 1. The molecule has 2 aromatic rings. The topological polar surface area (TPSA) is 72.5 Å². The third kappa shape index (κ3) is 3.00. The number of para-hydroxylation sites is 2. The van der Waals surface area contributed by atoms with E-state index in [0.29, 0.717) is 32.7 Å². The minimum atomic E-state index is -3.30. The van der Waals surface area contributed by atoms with Gasteiger partial charge in [-0.1, -0.05) is 12.1 Å². The van der Waals surface area contributed by atoms with Crippen LogP contribution in [0.4, 0.5) is 0 Å². The zero-order chi connectivity index (χ0) is 15.7. The highest BCUT2D eigenvalue weighted by Crippen LogP contribution is 2.14. The van der Waals surface area contributed by atoms with Gasteiger partial charge in [-0.05, 0) is 12.1 Å². The molecular formula is C14H21N5O2S. The molecule has 22 heavy (non-hydrogen) atoms. The molecule has 1 aliphatic heterocycles. The Kier molecular flexibility index (Phi) is 4.18. The number of hydrogen-bond donors (Lipinski definition) is 1. The van der Waals surface area contributed by atoms with E-state index in [4.69, 9.17) is 0 Å². The van der Waals surface area contributed by atoms with Gasteiger partial charge in [-0.15, -0.1) is 0 Å². The highest BCUT2D eigenvalue weighted by molar-refractivity contribution is 7.86. The van der Waals surface area contributed by atoms with Crippen LogP contribution >= 0.6 is 0 Å². The summed E-state index contributed by atoms with van der Waals surface area (Å²) in [6.45, 7) is 3.17. The lowest BCUT2D eigenvalue weighted by Crippen LogP contribution is -2.51. The molecule has 7 nitrogen and oxygen atoms in total. The van der Waals surface area contributed by atoms with Crippen LogP contribution in [0.3, 0.4) is 0 Å². The molecule has 1 aliphatic rings. The zero-order valence-electron chi connectivity index (χ0n) is 12.9.